The van der Waals surface area contributed by atoms with Gasteiger partial charge in [-0.3, -0.25) is 9.59 Å². The molecule has 0 saturated heterocycles. The van der Waals surface area contributed by atoms with Gasteiger partial charge in [-0.25, -0.2) is 0 Å². The van der Waals surface area contributed by atoms with Crippen LogP contribution in [0.2, 0.25) is 0 Å². The van der Waals surface area contributed by atoms with Crippen molar-refractivity contribution >= 4 is 27.5 Å². The summed E-state index contributed by atoms with van der Waals surface area (Å²) in [5, 5.41) is 0. The van der Waals surface area contributed by atoms with Crippen LogP contribution in [0.5, 0.6) is 5.75 Å². The fourth-order valence-electron chi connectivity index (χ4n) is 1.70. The van der Waals surface area contributed by atoms with Crippen LogP contribution in [0, 0.1) is 5.92 Å². The van der Waals surface area contributed by atoms with Crippen molar-refractivity contribution in [1.29, 1.82) is 0 Å². The van der Waals surface area contributed by atoms with E-state index >= 15 is 0 Å². The maximum atomic E-state index is 12.0. The minimum Gasteiger partial charge on any atom is -0.496 e. The first-order chi connectivity index (χ1) is 8.11. The molecule has 1 aromatic carbocycles. The number of hydrogen-bond donors (Lipinski definition) is 0. The van der Waals surface area contributed by atoms with Gasteiger partial charge in [-0.05, 0) is 31.0 Å². The Morgan fingerprint density at radius 1 is 1.41 bits per heavy atom. The highest BCUT2D eigenvalue weighted by Gasteiger charge is 2.31. The number of ketones is 2. The molecule has 0 unspecified atom stereocenters. The van der Waals surface area contributed by atoms with Crippen molar-refractivity contribution in [3.63, 3.8) is 0 Å². The van der Waals surface area contributed by atoms with Crippen LogP contribution >= 0.6 is 15.9 Å². The van der Waals surface area contributed by atoms with Crippen LogP contribution < -0.4 is 4.74 Å². The molecule has 1 fully saturated rings. The molecule has 17 heavy (non-hydrogen) atoms. The average molecular weight is 297 g/mol. The highest BCUT2D eigenvalue weighted by Crippen LogP contribution is 2.32. The second kappa shape index (κ2) is 5.00. The van der Waals surface area contributed by atoms with Crippen LogP contribution in [-0.2, 0) is 4.79 Å². The molecule has 1 aromatic rings. The Hall–Kier alpha value is -1.16. The van der Waals surface area contributed by atoms with Crippen LogP contribution in [0.4, 0.5) is 0 Å². The Balaban J connectivity index is 2.16. The molecule has 0 atom stereocenters. The summed E-state index contributed by atoms with van der Waals surface area (Å²) in [6.45, 7) is 0. The molecule has 0 bridgehead atoms. The van der Waals surface area contributed by atoms with E-state index in [4.69, 9.17) is 4.74 Å². The highest BCUT2D eigenvalue weighted by molar-refractivity contribution is 9.10. The number of halogens is 1. The van der Waals surface area contributed by atoms with Gasteiger partial charge >= 0.3 is 0 Å². The second-order valence-electron chi connectivity index (χ2n) is 4.19. The van der Waals surface area contributed by atoms with Gasteiger partial charge in [-0.1, -0.05) is 15.9 Å². The van der Waals surface area contributed by atoms with Crippen molar-refractivity contribution in [3.05, 3.63) is 28.2 Å². The van der Waals surface area contributed by atoms with Gasteiger partial charge in [0.15, 0.2) is 5.78 Å². The van der Waals surface area contributed by atoms with E-state index in [0.717, 1.165) is 17.3 Å². The van der Waals surface area contributed by atoms with E-state index in [2.05, 4.69) is 15.9 Å². The predicted molar refractivity (Wildman–Crippen MR) is 67.4 cm³/mol. The molecule has 3 nitrogen and oxygen atoms in total. The lowest BCUT2D eigenvalue weighted by Crippen LogP contribution is -2.10. The van der Waals surface area contributed by atoms with Gasteiger partial charge < -0.3 is 4.74 Å². The number of rotatable bonds is 5. The number of ether oxygens (including phenoxy) is 1. The zero-order chi connectivity index (χ0) is 12.4. The quantitative estimate of drug-likeness (QED) is 0.620. The topological polar surface area (TPSA) is 43.4 Å². The molecule has 1 aliphatic rings. The molecule has 2 rings (SSSR count). The fourth-order valence-corrected chi connectivity index (χ4v) is 2.06. The Kier molecular flexibility index (Phi) is 3.62. The summed E-state index contributed by atoms with van der Waals surface area (Å²) in [6, 6.07) is 5.22. The number of carbonyl (C=O) groups is 2. The number of benzene rings is 1. The van der Waals surface area contributed by atoms with Gasteiger partial charge in [-0.15, -0.1) is 0 Å². The van der Waals surface area contributed by atoms with E-state index in [1.54, 1.807) is 18.2 Å². The molecule has 0 spiro atoms. The zero-order valence-electron chi connectivity index (χ0n) is 9.53. The Morgan fingerprint density at radius 3 is 2.71 bits per heavy atom. The van der Waals surface area contributed by atoms with Crippen molar-refractivity contribution in [1.82, 2.24) is 0 Å². The maximum absolute atomic E-state index is 12.0. The van der Waals surface area contributed by atoms with E-state index in [9.17, 15) is 9.59 Å². The van der Waals surface area contributed by atoms with Crippen LogP contribution in [-0.4, -0.2) is 18.7 Å². The first-order valence-electron chi connectivity index (χ1n) is 5.51. The van der Waals surface area contributed by atoms with Crippen molar-refractivity contribution in [2.24, 2.45) is 5.92 Å². The third kappa shape index (κ3) is 2.94. The van der Waals surface area contributed by atoms with E-state index in [1.165, 1.54) is 7.11 Å². The fraction of sp³-hybridized carbons (Fsp3) is 0.385. The molecule has 0 aromatic heterocycles. The summed E-state index contributed by atoms with van der Waals surface area (Å²) >= 11 is 3.31. The van der Waals surface area contributed by atoms with Gasteiger partial charge in [-0.2, -0.15) is 0 Å². The summed E-state index contributed by atoms with van der Waals surface area (Å²) < 4.78 is 5.93. The molecule has 90 valence electrons. The molecule has 0 radical (unpaired) electrons. The molecule has 0 N–H and O–H groups in total. The SMILES string of the molecule is COc1ccc(Br)cc1C(=O)CC(=O)C1CC1. The van der Waals surface area contributed by atoms with Crippen LogP contribution in [0.1, 0.15) is 29.6 Å². The van der Waals surface area contributed by atoms with E-state index in [-0.39, 0.29) is 23.9 Å². The Labute approximate surface area is 108 Å². The van der Waals surface area contributed by atoms with Gasteiger partial charge in [0, 0.05) is 10.4 Å². The predicted octanol–water partition coefficient (Wildman–Crippen LogP) is 3.01. The van der Waals surface area contributed by atoms with E-state index in [0.29, 0.717) is 11.3 Å². The monoisotopic (exact) mass is 296 g/mol. The number of hydrogen-bond acceptors (Lipinski definition) is 3. The number of carbonyl (C=O) groups excluding carboxylic acids is 2. The van der Waals surface area contributed by atoms with Crippen LogP contribution in [0.25, 0.3) is 0 Å². The lowest BCUT2D eigenvalue weighted by molar-refractivity contribution is -0.119. The smallest absolute Gasteiger partial charge is 0.173 e. The number of Topliss-reactive ketones (excluding diaryl/α,β-unsaturated/α-hetero) is 2. The minimum atomic E-state index is -0.167. The Morgan fingerprint density at radius 2 is 2.12 bits per heavy atom. The summed E-state index contributed by atoms with van der Waals surface area (Å²) in [6.07, 6.45) is 1.85. The first-order valence-corrected chi connectivity index (χ1v) is 6.30. The lowest BCUT2D eigenvalue weighted by atomic mass is 10.0. The lowest BCUT2D eigenvalue weighted by Gasteiger charge is -2.07. The maximum Gasteiger partial charge on any atom is 0.173 e. The van der Waals surface area contributed by atoms with Gasteiger partial charge in [0.2, 0.25) is 0 Å². The third-order valence-corrected chi connectivity index (χ3v) is 3.32. The van der Waals surface area contributed by atoms with Crippen molar-refractivity contribution in [2.75, 3.05) is 7.11 Å². The van der Waals surface area contributed by atoms with Gasteiger partial charge in [0.05, 0.1) is 19.1 Å². The largest absolute Gasteiger partial charge is 0.496 e. The summed E-state index contributed by atoms with van der Waals surface area (Å²) in [7, 11) is 1.52. The van der Waals surface area contributed by atoms with Crippen LogP contribution in [0.15, 0.2) is 22.7 Å². The summed E-state index contributed by atoms with van der Waals surface area (Å²) in [5.74, 6) is 0.524. The summed E-state index contributed by atoms with van der Waals surface area (Å²) in [5.41, 5.74) is 0.468. The molecule has 0 aliphatic heterocycles. The highest BCUT2D eigenvalue weighted by atomic mass is 79.9. The third-order valence-electron chi connectivity index (χ3n) is 2.83. The van der Waals surface area contributed by atoms with Crippen LogP contribution in [0.3, 0.4) is 0 Å². The number of methoxy groups -OCH3 is 1. The van der Waals surface area contributed by atoms with E-state index < -0.39 is 0 Å². The van der Waals surface area contributed by atoms with Gasteiger partial charge in [0.25, 0.3) is 0 Å². The standard InChI is InChI=1S/C13H13BrO3/c1-17-13-5-4-9(14)6-10(13)12(16)7-11(15)8-2-3-8/h4-6,8H,2-3,7H2,1H3. The van der Waals surface area contributed by atoms with E-state index in [1.807, 2.05) is 0 Å². The molecular formula is C13H13BrO3. The Bertz CT molecular complexity index is 464. The zero-order valence-corrected chi connectivity index (χ0v) is 11.1. The first kappa shape index (κ1) is 12.3. The molecule has 0 heterocycles. The summed E-state index contributed by atoms with van der Waals surface area (Å²) in [4.78, 5) is 23.6. The van der Waals surface area contributed by atoms with Crippen molar-refractivity contribution in [3.8, 4) is 5.75 Å². The molecule has 4 heteroatoms. The van der Waals surface area contributed by atoms with Crippen molar-refractivity contribution < 1.29 is 14.3 Å². The average Bonchev–Trinajstić information content (AvgIpc) is 3.12. The second-order valence-corrected chi connectivity index (χ2v) is 5.10. The molecule has 1 aliphatic carbocycles. The normalized spacial score (nSPS) is 14.5. The molecule has 0 amide bonds. The van der Waals surface area contributed by atoms with Gasteiger partial charge in [0.1, 0.15) is 11.5 Å². The molecular weight excluding hydrogens is 284 g/mol. The minimum absolute atomic E-state index is 0.0164. The molecule has 1 saturated carbocycles. The van der Waals surface area contributed by atoms with Crippen molar-refractivity contribution in [2.45, 2.75) is 19.3 Å².